The standard InChI is InChI=1S/C18H18FN3O2/c1-11-8-12(22-4-6-24-7-5-22)2-3-13(11)18-14(19)9-15-16(21-18)10-17(23)20-15/h2-3,8-10,20,23H,4-7H2,1H3. The minimum atomic E-state index is -0.411. The van der Waals surface area contributed by atoms with Gasteiger partial charge in [-0.15, -0.1) is 0 Å². The van der Waals surface area contributed by atoms with E-state index < -0.39 is 5.82 Å². The molecule has 0 atom stereocenters. The van der Waals surface area contributed by atoms with Gasteiger partial charge in [-0.3, -0.25) is 0 Å². The Morgan fingerprint density at radius 2 is 2.00 bits per heavy atom. The molecule has 5 nitrogen and oxygen atoms in total. The number of morpholine rings is 1. The average molecular weight is 327 g/mol. The van der Waals surface area contributed by atoms with Crippen LogP contribution in [-0.4, -0.2) is 41.4 Å². The third-order valence-electron chi connectivity index (χ3n) is 4.38. The van der Waals surface area contributed by atoms with Crippen LogP contribution >= 0.6 is 0 Å². The molecule has 3 aromatic rings. The minimum absolute atomic E-state index is 0.0200. The highest BCUT2D eigenvalue weighted by Crippen LogP contribution is 2.31. The first-order chi connectivity index (χ1) is 11.6. The summed E-state index contributed by atoms with van der Waals surface area (Å²) < 4.78 is 19.8. The van der Waals surface area contributed by atoms with E-state index in [1.165, 1.54) is 12.1 Å². The maximum atomic E-state index is 14.5. The van der Waals surface area contributed by atoms with Gasteiger partial charge in [0, 0.05) is 36.5 Å². The predicted molar refractivity (Wildman–Crippen MR) is 90.9 cm³/mol. The quantitative estimate of drug-likeness (QED) is 0.759. The van der Waals surface area contributed by atoms with Crippen molar-refractivity contribution < 1.29 is 14.2 Å². The van der Waals surface area contributed by atoms with Crippen molar-refractivity contribution in [3.63, 3.8) is 0 Å². The molecular weight excluding hydrogens is 309 g/mol. The number of nitrogens with one attached hydrogen (secondary N) is 1. The number of ether oxygens (including phenoxy) is 1. The molecule has 0 amide bonds. The molecule has 0 aliphatic carbocycles. The van der Waals surface area contributed by atoms with Gasteiger partial charge < -0.3 is 19.7 Å². The smallest absolute Gasteiger partial charge is 0.190 e. The first kappa shape index (κ1) is 15.0. The molecular formula is C18H18FN3O2. The molecule has 1 aliphatic rings. The number of aromatic nitrogens is 2. The molecule has 2 aromatic heterocycles. The number of aromatic amines is 1. The maximum Gasteiger partial charge on any atom is 0.190 e. The fraction of sp³-hybridized carbons (Fsp3) is 0.278. The third-order valence-corrected chi connectivity index (χ3v) is 4.38. The van der Waals surface area contributed by atoms with Gasteiger partial charge in [-0.05, 0) is 24.6 Å². The highest BCUT2D eigenvalue weighted by Gasteiger charge is 2.16. The van der Waals surface area contributed by atoms with Crippen LogP contribution in [0.25, 0.3) is 22.3 Å². The third kappa shape index (κ3) is 2.59. The highest BCUT2D eigenvalue weighted by molar-refractivity contribution is 5.81. The summed E-state index contributed by atoms with van der Waals surface area (Å²) in [4.78, 5) is 9.31. The molecule has 3 heterocycles. The lowest BCUT2D eigenvalue weighted by Gasteiger charge is -2.29. The molecule has 0 spiro atoms. The molecule has 1 saturated heterocycles. The lowest BCUT2D eigenvalue weighted by molar-refractivity contribution is 0.122. The Labute approximate surface area is 138 Å². The van der Waals surface area contributed by atoms with Crippen molar-refractivity contribution in [1.82, 2.24) is 9.97 Å². The van der Waals surface area contributed by atoms with E-state index in [1.54, 1.807) is 0 Å². The molecule has 6 heteroatoms. The largest absolute Gasteiger partial charge is 0.495 e. The van der Waals surface area contributed by atoms with Crippen LogP contribution in [0.4, 0.5) is 10.1 Å². The number of halogens is 1. The maximum absolute atomic E-state index is 14.5. The summed E-state index contributed by atoms with van der Waals surface area (Å²) in [6.45, 7) is 5.13. The molecule has 1 fully saturated rings. The van der Waals surface area contributed by atoms with E-state index in [-0.39, 0.29) is 5.88 Å². The Kier molecular flexibility index (Phi) is 3.61. The van der Waals surface area contributed by atoms with Crippen LogP contribution in [0, 0.1) is 12.7 Å². The van der Waals surface area contributed by atoms with Crippen LogP contribution in [0.15, 0.2) is 30.3 Å². The number of pyridine rings is 1. The van der Waals surface area contributed by atoms with Gasteiger partial charge in [0.15, 0.2) is 11.7 Å². The van der Waals surface area contributed by atoms with Crippen molar-refractivity contribution in [3.05, 3.63) is 41.7 Å². The van der Waals surface area contributed by atoms with Crippen molar-refractivity contribution in [2.45, 2.75) is 6.92 Å². The SMILES string of the molecule is Cc1cc(N2CCOCC2)ccc1-c1nc2cc(O)[nH]c2cc1F. The molecule has 0 radical (unpaired) electrons. The molecule has 0 bridgehead atoms. The Morgan fingerprint density at radius 1 is 1.21 bits per heavy atom. The lowest BCUT2D eigenvalue weighted by atomic mass is 10.0. The molecule has 0 saturated carbocycles. The van der Waals surface area contributed by atoms with Gasteiger partial charge >= 0.3 is 0 Å². The lowest BCUT2D eigenvalue weighted by Crippen LogP contribution is -2.36. The van der Waals surface area contributed by atoms with Gasteiger partial charge in [-0.25, -0.2) is 9.37 Å². The number of benzene rings is 1. The first-order valence-electron chi connectivity index (χ1n) is 7.94. The number of hydrogen-bond acceptors (Lipinski definition) is 4. The zero-order valence-corrected chi connectivity index (χ0v) is 13.3. The summed E-state index contributed by atoms with van der Waals surface area (Å²) in [5.41, 5.74) is 4.15. The van der Waals surface area contributed by atoms with Crippen LogP contribution in [0.3, 0.4) is 0 Å². The normalized spacial score (nSPS) is 15.2. The summed E-state index contributed by atoms with van der Waals surface area (Å²) in [5, 5.41) is 9.51. The van der Waals surface area contributed by atoms with E-state index in [2.05, 4.69) is 20.9 Å². The van der Waals surface area contributed by atoms with Gasteiger partial charge in [0.05, 0.1) is 24.2 Å². The second-order valence-corrected chi connectivity index (χ2v) is 6.00. The Morgan fingerprint density at radius 3 is 2.75 bits per heavy atom. The van der Waals surface area contributed by atoms with Crippen LogP contribution in [0.5, 0.6) is 5.88 Å². The van der Waals surface area contributed by atoms with Crippen molar-refractivity contribution in [2.24, 2.45) is 0 Å². The van der Waals surface area contributed by atoms with Gasteiger partial charge in [0.25, 0.3) is 0 Å². The molecule has 24 heavy (non-hydrogen) atoms. The summed E-state index contributed by atoms with van der Waals surface area (Å²) in [7, 11) is 0. The average Bonchev–Trinajstić information content (AvgIpc) is 2.94. The summed E-state index contributed by atoms with van der Waals surface area (Å²) in [5.74, 6) is -0.431. The molecule has 2 N–H and O–H groups in total. The summed E-state index contributed by atoms with van der Waals surface area (Å²) in [6.07, 6.45) is 0. The van der Waals surface area contributed by atoms with E-state index in [0.717, 1.165) is 43.1 Å². The fourth-order valence-corrected chi connectivity index (χ4v) is 3.14. The van der Waals surface area contributed by atoms with Gasteiger partial charge in [-0.1, -0.05) is 6.07 Å². The summed E-state index contributed by atoms with van der Waals surface area (Å²) >= 11 is 0. The Bertz CT molecular complexity index is 901. The van der Waals surface area contributed by atoms with E-state index in [4.69, 9.17) is 4.74 Å². The first-order valence-corrected chi connectivity index (χ1v) is 7.94. The fourth-order valence-electron chi connectivity index (χ4n) is 3.14. The molecule has 0 unspecified atom stereocenters. The van der Waals surface area contributed by atoms with E-state index in [9.17, 15) is 9.50 Å². The topological polar surface area (TPSA) is 61.4 Å². The van der Waals surface area contributed by atoms with Crippen molar-refractivity contribution >= 4 is 16.7 Å². The summed E-state index contributed by atoms with van der Waals surface area (Å²) in [6, 6.07) is 8.82. The number of hydrogen-bond donors (Lipinski definition) is 2. The second kappa shape index (κ2) is 5.79. The van der Waals surface area contributed by atoms with Gasteiger partial charge in [-0.2, -0.15) is 0 Å². The Balaban J connectivity index is 1.74. The number of anilines is 1. The predicted octanol–water partition coefficient (Wildman–Crippen LogP) is 3.22. The number of aryl methyl sites for hydroxylation is 1. The van der Waals surface area contributed by atoms with Gasteiger partial charge in [0.1, 0.15) is 5.69 Å². The molecule has 4 rings (SSSR count). The van der Waals surface area contributed by atoms with E-state index >= 15 is 0 Å². The number of nitrogens with zero attached hydrogens (tertiary/aromatic N) is 2. The number of H-pyrrole nitrogens is 1. The van der Waals surface area contributed by atoms with Crippen LogP contribution in [-0.2, 0) is 4.74 Å². The second-order valence-electron chi connectivity index (χ2n) is 6.00. The minimum Gasteiger partial charge on any atom is -0.495 e. The van der Waals surface area contributed by atoms with Crippen molar-refractivity contribution in [2.75, 3.05) is 31.2 Å². The molecule has 1 aromatic carbocycles. The van der Waals surface area contributed by atoms with Crippen LogP contribution < -0.4 is 4.90 Å². The molecule has 124 valence electrons. The number of rotatable bonds is 2. The van der Waals surface area contributed by atoms with E-state index in [1.807, 2.05) is 19.1 Å². The van der Waals surface area contributed by atoms with E-state index in [0.29, 0.717) is 16.7 Å². The van der Waals surface area contributed by atoms with Crippen LogP contribution in [0.2, 0.25) is 0 Å². The zero-order chi connectivity index (χ0) is 16.7. The number of fused-ring (bicyclic) bond motifs is 1. The zero-order valence-electron chi connectivity index (χ0n) is 13.3. The van der Waals surface area contributed by atoms with Crippen molar-refractivity contribution in [3.8, 4) is 17.1 Å². The highest BCUT2D eigenvalue weighted by atomic mass is 19.1. The van der Waals surface area contributed by atoms with Crippen LogP contribution in [0.1, 0.15) is 5.56 Å². The van der Waals surface area contributed by atoms with Crippen molar-refractivity contribution in [1.29, 1.82) is 0 Å². The monoisotopic (exact) mass is 327 g/mol. The molecule has 1 aliphatic heterocycles. The Hall–Kier alpha value is -2.60. The number of aromatic hydroxyl groups is 1. The van der Waals surface area contributed by atoms with Gasteiger partial charge in [0.2, 0.25) is 0 Å².